The Morgan fingerprint density at radius 1 is 1.33 bits per heavy atom. The van der Waals surface area contributed by atoms with Gasteiger partial charge in [-0.05, 0) is 46.6 Å². The number of aromatic amines is 1. The van der Waals surface area contributed by atoms with Crippen LogP contribution in [0, 0.1) is 6.92 Å². The molecule has 1 aromatic carbocycles. The van der Waals surface area contributed by atoms with Gasteiger partial charge in [-0.2, -0.15) is 0 Å². The second-order valence-electron chi connectivity index (χ2n) is 3.78. The molecule has 0 saturated carbocycles. The molecule has 0 saturated heterocycles. The molecule has 0 unspecified atom stereocenters. The van der Waals surface area contributed by atoms with Gasteiger partial charge in [-0.25, -0.2) is 0 Å². The first-order valence-electron chi connectivity index (χ1n) is 5.09. The van der Waals surface area contributed by atoms with Gasteiger partial charge in [0.05, 0.1) is 10.7 Å². The molecule has 0 radical (unpaired) electrons. The molecule has 0 aliphatic carbocycles. The highest BCUT2D eigenvalue weighted by Crippen LogP contribution is 2.25. The molecular weight excluding hydrogens is 339 g/mol. The van der Waals surface area contributed by atoms with Crippen molar-refractivity contribution in [3.05, 3.63) is 50.2 Å². The summed E-state index contributed by atoms with van der Waals surface area (Å²) in [6.07, 6.45) is 0. The third kappa shape index (κ3) is 2.88. The molecule has 0 fully saturated rings. The van der Waals surface area contributed by atoms with Crippen molar-refractivity contribution < 1.29 is 4.79 Å². The van der Waals surface area contributed by atoms with E-state index in [1.165, 1.54) is 6.07 Å². The van der Waals surface area contributed by atoms with Crippen LogP contribution in [0.15, 0.2) is 28.7 Å². The summed E-state index contributed by atoms with van der Waals surface area (Å²) in [7, 11) is 0. The highest BCUT2D eigenvalue weighted by Gasteiger charge is 2.12. The Kier molecular flexibility index (Phi) is 4.00. The van der Waals surface area contributed by atoms with Crippen molar-refractivity contribution in [2.24, 2.45) is 0 Å². The van der Waals surface area contributed by atoms with Crippen molar-refractivity contribution in [2.75, 3.05) is 5.32 Å². The molecular formula is C12H9BrCl2N2O. The number of aryl methyl sites for hydroxylation is 1. The van der Waals surface area contributed by atoms with Crippen LogP contribution in [0.3, 0.4) is 0 Å². The van der Waals surface area contributed by atoms with Gasteiger partial charge in [-0.1, -0.05) is 29.3 Å². The minimum absolute atomic E-state index is 0.254. The van der Waals surface area contributed by atoms with Gasteiger partial charge >= 0.3 is 0 Å². The fourth-order valence-corrected chi connectivity index (χ4v) is 2.34. The Balaban J connectivity index is 2.21. The SMILES string of the molecule is Cc1ccc(NC(=O)c2cc(Cl)c(Cl)[nH]2)c(Br)c1. The zero-order chi connectivity index (χ0) is 13.3. The van der Waals surface area contributed by atoms with Gasteiger partial charge in [-0.15, -0.1) is 0 Å². The Morgan fingerprint density at radius 2 is 2.06 bits per heavy atom. The van der Waals surface area contributed by atoms with Crippen molar-refractivity contribution in [1.29, 1.82) is 0 Å². The van der Waals surface area contributed by atoms with Crippen molar-refractivity contribution in [3.63, 3.8) is 0 Å². The van der Waals surface area contributed by atoms with E-state index >= 15 is 0 Å². The highest BCUT2D eigenvalue weighted by molar-refractivity contribution is 9.10. The van der Waals surface area contributed by atoms with E-state index in [4.69, 9.17) is 23.2 Å². The number of rotatable bonds is 2. The number of benzene rings is 1. The molecule has 1 heterocycles. The zero-order valence-electron chi connectivity index (χ0n) is 9.35. The zero-order valence-corrected chi connectivity index (χ0v) is 12.4. The summed E-state index contributed by atoms with van der Waals surface area (Å²) in [5.41, 5.74) is 2.11. The summed E-state index contributed by atoms with van der Waals surface area (Å²) in [5.74, 6) is -0.298. The number of halogens is 3. The summed E-state index contributed by atoms with van der Waals surface area (Å²) in [6.45, 7) is 1.97. The van der Waals surface area contributed by atoms with Crippen LogP contribution in [0.5, 0.6) is 0 Å². The first-order chi connectivity index (χ1) is 8.47. The molecule has 0 spiro atoms. The number of carbonyl (C=O) groups is 1. The molecule has 0 aliphatic rings. The van der Waals surface area contributed by atoms with Gasteiger partial charge in [0.2, 0.25) is 0 Å². The lowest BCUT2D eigenvalue weighted by Gasteiger charge is -2.06. The summed E-state index contributed by atoms with van der Waals surface area (Å²) < 4.78 is 0.819. The van der Waals surface area contributed by atoms with Gasteiger partial charge in [0.25, 0.3) is 5.91 Å². The Bertz CT molecular complexity index is 591. The van der Waals surface area contributed by atoms with E-state index < -0.39 is 0 Å². The number of hydrogen-bond donors (Lipinski definition) is 2. The Morgan fingerprint density at radius 3 is 2.61 bits per heavy atom. The summed E-state index contributed by atoms with van der Waals surface area (Å²) in [4.78, 5) is 14.6. The van der Waals surface area contributed by atoms with Crippen LogP contribution >= 0.6 is 39.1 Å². The molecule has 2 N–H and O–H groups in total. The fourth-order valence-electron chi connectivity index (χ4n) is 1.44. The third-order valence-electron chi connectivity index (χ3n) is 2.34. The Hall–Kier alpha value is -0.970. The number of amides is 1. The maximum Gasteiger partial charge on any atom is 0.272 e. The van der Waals surface area contributed by atoms with Gasteiger partial charge in [0, 0.05) is 4.47 Å². The number of aromatic nitrogens is 1. The average Bonchev–Trinajstić information content (AvgIpc) is 2.63. The fraction of sp³-hybridized carbons (Fsp3) is 0.0833. The van der Waals surface area contributed by atoms with E-state index in [0.717, 1.165) is 10.0 Å². The minimum Gasteiger partial charge on any atom is -0.340 e. The number of anilines is 1. The predicted molar refractivity (Wildman–Crippen MR) is 77.6 cm³/mol. The normalized spacial score (nSPS) is 10.4. The van der Waals surface area contributed by atoms with Gasteiger partial charge in [0.1, 0.15) is 10.8 Å². The van der Waals surface area contributed by atoms with Crippen molar-refractivity contribution >= 4 is 50.7 Å². The van der Waals surface area contributed by atoms with E-state index in [-0.39, 0.29) is 11.1 Å². The Labute approximate surface area is 123 Å². The van der Waals surface area contributed by atoms with Crippen molar-refractivity contribution in [3.8, 4) is 0 Å². The molecule has 1 amide bonds. The van der Waals surface area contributed by atoms with Crippen LogP contribution in [0.4, 0.5) is 5.69 Å². The van der Waals surface area contributed by atoms with Crippen LogP contribution < -0.4 is 5.32 Å². The van der Waals surface area contributed by atoms with E-state index in [2.05, 4.69) is 26.2 Å². The molecule has 1 aromatic heterocycles. The smallest absolute Gasteiger partial charge is 0.272 e. The van der Waals surface area contributed by atoms with Gasteiger partial charge in [-0.3, -0.25) is 4.79 Å². The first kappa shape index (κ1) is 13.5. The van der Waals surface area contributed by atoms with Gasteiger partial charge in [0.15, 0.2) is 0 Å². The van der Waals surface area contributed by atoms with Crippen LogP contribution in [0.2, 0.25) is 10.2 Å². The predicted octanol–water partition coefficient (Wildman–Crippen LogP) is 4.64. The number of carbonyl (C=O) groups excluding carboxylic acids is 1. The molecule has 0 atom stereocenters. The average molecular weight is 348 g/mol. The maximum absolute atomic E-state index is 11.9. The van der Waals surface area contributed by atoms with Crippen LogP contribution in [0.1, 0.15) is 16.1 Å². The minimum atomic E-state index is -0.298. The molecule has 0 bridgehead atoms. The summed E-state index contributed by atoms with van der Waals surface area (Å²) in [5, 5.41) is 3.34. The van der Waals surface area contributed by atoms with Crippen LogP contribution in [-0.4, -0.2) is 10.9 Å². The second-order valence-corrected chi connectivity index (χ2v) is 5.42. The standard InChI is InChI=1S/C12H9BrCl2N2O/c1-6-2-3-9(7(13)4-6)17-12(18)10-5-8(14)11(15)16-10/h2-5,16H,1H3,(H,17,18). The van der Waals surface area contributed by atoms with E-state index in [0.29, 0.717) is 16.4 Å². The number of H-pyrrole nitrogens is 1. The topological polar surface area (TPSA) is 44.9 Å². The molecule has 2 aromatic rings. The number of nitrogens with one attached hydrogen (secondary N) is 2. The van der Waals surface area contributed by atoms with Gasteiger partial charge < -0.3 is 10.3 Å². The maximum atomic E-state index is 11.9. The third-order valence-corrected chi connectivity index (χ3v) is 3.69. The van der Waals surface area contributed by atoms with E-state index in [1.54, 1.807) is 0 Å². The van der Waals surface area contributed by atoms with Crippen LogP contribution in [-0.2, 0) is 0 Å². The molecule has 6 heteroatoms. The molecule has 2 rings (SSSR count). The number of hydrogen-bond acceptors (Lipinski definition) is 1. The molecule has 3 nitrogen and oxygen atoms in total. The monoisotopic (exact) mass is 346 g/mol. The van der Waals surface area contributed by atoms with E-state index in [9.17, 15) is 4.79 Å². The van der Waals surface area contributed by atoms with E-state index in [1.807, 2.05) is 25.1 Å². The second kappa shape index (κ2) is 5.34. The highest BCUT2D eigenvalue weighted by atomic mass is 79.9. The van der Waals surface area contributed by atoms with Crippen molar-refractivity contribution in [2.45, 2.75) is 6.92 Å². The molecule has 18 heavy (non-hydrogen) atoms. The lowest BCUT2D eigenvalue weighted by Crippen LogP contribution is -2.12. The first-order valence-corrected chi connectivity index (χ1v) is 6.64. The quantitative estimate of drug-likeness (QED) is 0.816. The lowest BCUT2D eigenvalue weighted by molar-refractivity contribution is 0.102. The summed E-state index contributed by atoms with van der Waals surface area (Å²) >= 11 is 14.9. The largest absolute Gasteiger partial charge is 0.340 e. The molecule has 0 aliphatic heterocycles. The van der Waals surface area contributed by atoms with Crippen molar-refractivity contribution in [1.82, 2.24) is 4.98 Å². The summed E-state index contributed by atoms with van der Waals surface area (Å²) in [6, 6.07) is 7.14. The molecule has 94 valence electrons. The van der Waals surface area contributed by atoms with Crippen LogP contribution in [0.25, 0.3) is 0 Å². The lowest BCUT2D eigenvalue weighted by atomic mass is 10.2.